The molecule has 1 atom stereocenters. The fourth-order valence-corrected chi connectivity index (χ4v) is 2.05. The van der Waals surface area contributed by atoms with Gasteiger partial charge >= 0.3 is 0 Å². The highest BCUT2D eigenvalue weighted by atomic mass is 79.9. The minimum atomic E-state index is -0.808. The molecule has 0 bridgehead atoms. The Morgan fingerprint density at radius 1 is 1.36 bits per heavy atom. The number of hydrogen-bond donors (Lipinski definition) is 2. The number of amides is 1. The Morgan fingerprint density at radius 2 is 2.04 bits per heavy atom. The second kappa shape index (κ2) is 8.25. The van der Waals surface area contributed by atoms with E-state index >= 15 is 0 Å². The molecule has 0 aliphatic carbocycles. The van der Waals surface area contributed by atoms with Crippen molar-refractivity contribution in [2.24, 2.45) is 5.10 Å². The van der Waals surface area contributed by atoms with E-state index in [4.69, 9.17) is 4.74 Å². The lowest BCUT2D eigenvalue weighted by Crippen LogP contribution is -2.33. The van der Waals surface area contributed by atoms with Gasteiger partial charge in [0.15, 0.2) is 6.10 Å². The number of carbonyl (C=O) groups is 1. The second-order valence-corrected chi connectivity index (χ2v) is 5.86. The zero-order valence-electron chi connectivity index (χ0n) is 13.0. The average Bonchev–Trinajstić information content (AvgIpc) is 2.58. The first-order chi connectivity index (χ1) is 11.9. The van der Waals surface area contributed by atoms with Gasteiger partial charge < -0.3 is 9.84 Å². The predicted octanol–water partition coefficient (Wildman–Crippen LogP) is 2.98. The van der Waals surface area contributed by atoms with Crippen LogP contribution in [0.5, 0.6) is 11.5 Å². The minimum Gasteiger partial charge on any atom is -0.507 e. The predicted molar refractivity (Wildman–Crippen MR) is 94.7 cm³/mol. The summed E-state index contributed by atoms with van der Waals surface area (Å²) in [4.78, 5) is 22.1. The van der Waals surface area contributed by atoms with Crippen molar-refractivity contribution < 1.29 is 19.6 Å². The maximum Gasteiger partial charge on any atom is 0.280 e. The summed E-state index contributed by atoms with van der Waals surface area (Å²) in [5.74, 6) is -0.182. The van der Waals surface area contributed by atoms with Crippen molar-refractivity contribution in [2.45, 2.75) is 13.0 Å². The molecule has 130 valence electrons. The van der Waals surface area contributed by atoms with Crippen LogP contribution in [0, 0.1) is 10.1 Å². The van der Waals surface area contributed by atoms with Gasteiger partial charge in [-0.15, -0.1) is 0 Å². The molecule has 2 aromatic rings. The van der Waals surface area contributed by atoms with Crippen molar-refractivity contribution in [1.82, 2.24) is 5.43 Å². The molecule has 2 rings (SSSR count). The highest BCUT2D eigenvalue weighted by molar-refractivity contribution is 9.10. The van der Waals surface area contributed by atoms with Crippen LogP contribution >= 0.6 is 15.9 Å². The van der Waals surface area contributed by atoms with E-state index in [0.717, 1.165) is 16.8 Å². The van der Waals surface area contributed by atoms with Crippen LogP contribution in [0.3, 0.4) is 0 Å². The van der Waals surface area contributed by atoms with Gasteiger partial charge in [-0.05, 0) is 37.3 Å². The summed E-state index contributed by atoms with van der Waals surface area (Å²) in [6, 6.07) is 10.5. The number of carbonyl (C=O) groups excluding carboxylic acids is 1. The summed E-state index contributed by atoms with van der Waals surface area (Å²) in [5.41, 5.74) is 2.16. The number of nitro benzene ring substituents is 1. The Morgan fingerprint density at radius 3 is 2.68 bits per heavy atom. The molecule has 2 aromatic carbocycles. The third-order valence-electron chi connectivity index (χ3n) is 3.10. The normalized spacial score (nSPS) is 11.9. The third kappa shape index (κ3) is 5.28. The van der Waals surface area contributed by atoms with Crippen molar-refractivity contribution >= 4 is 33.7 Å². The number of nitro groups is 1. The van der Waals surface area contributed by atoms with Gasteiger partial charge in [0.1, 0.15) is 11.5 Å². The number of aromatic hydroxyl groups is 1. The molecule has 0 aromatic heterocycles. The number of phenols is 1. The van der Waals surface area contributed by atoms with Crippen LogP contribution in [0.1, 0.15) is 12.5 Å². The number of nitrogens with zero attached hydrogens (tertiary/aromatic N) is 2. The van der Waals surface area contributed by atoms with Gasteiger partial charge in [0, 0.05) is 22.2 Å². The molecule has 0 aliphatic rings. The van der Waals surface area contributed by atoms with Crippen LogP contribution in [0.15, 0.2) is 52.0 Å². The van der Waals surface area contributed by atoms with Crippen LogP contribution < -0.4 is 10.2 Å². The lowest BCUT2D eigenvalue weighted by Gasteiger charge is -2.12. The summed E-state index contributed by atoms with van der Waals surface area (Å²) < 4.78 is 6.35. The number of non-ortho nitro benzene ring substituents is 1. The minimum absolute atomic E-state index is 0.107. The quantitative estimate of drug-likeness (QED) is 0.433. The molecule has 0 saturated heterocycles. The highest BCUT2D eigenvalue weighted by Crippen LogP contribution is 2.21. The summed E-state index contributed by atoms with van der Waals surface area (Å²) in [5, 5.41) is 24.1. The lowest BCUT2D eigenvalue weighted by atomic mass is 10.2. The summed E-state index contributed by atoms with van der Waals surface area (Å²) in [6.07, 6.45) is 0.309. The van der Waals surface area contributed by atoms with Crippen molar-refractivity contribution in [3.8, 4) is 11.5 Å². The van der Waals surface area contributed by atoms with Gasteiger partial charge in [-0.2, -0.15) is 5.10 Å². The van der Waals surface area contributed by atoms with Crippen molar-refractivity contribution in [2.75, 3.05) is 0 Å². The monoisotopic (exact) mass is 407 g/mol. The number of hydrogen-bond acceptors (Lipinski definition) is 6. The molecule has 1 amide bonds. The molecule has 0 saturated carbocycles. The Hall–Kier alpha value is -2.94. The fraction of sp³-hybridized carbons (Fsp3) is 0.125. The maximum atomic E-state index is 11.9. The highest BCUT2D eigenvalue weighted by Gasteiger charge is 2.14. The molecule has 25 heavy (non-hydrogen) atoms. The van der Waals surface area contributed by atoms with E-state index < -0.39 is 16.9 Å². The number of rotatable bonds is 6. The van der Waals surface area contributed by atoms with E-state index in [-0.39, 0.29) is 17.0 Å². The summed E-state index contributed by atoms with van der Waals surface area (Å²) >= 11 is 3.30. The summed E-state index contributed by atoms with van der Waals surface area (Å²) in [7, 11) is 0. The average molecular weight is 408 g/mol. The summed E-state index contributed by atoms with van der Waals surface area (Å²) in [6.45, 7) is 1.55. The molecule has 1 unspecified atom stereocenters. The molecule has 8 nitrogen and oxygen atoms in total. The second-order valence-electron chi connectivity index (χ2n) is 4.95. The van der Waals surface area contributed by atoms with E-state index in [2.05, 4.69) is 26.5 Å². The Bertz CT molecular complexity index is 808. The number of ether oxygens (including phenoxy) is 1. The Labute approximate surface area is 151 Å². The molecule has 0 spiro atoms. The largest absolute Gasteiger partial charge is 0.507 e. The van der Waals surface area contributed by atoms with E-state index in [1.165, 1.54) is 12.1 Å². The zero-order chi connectivity index (χ0) is 18.4. The number of halogens is 1. The van der Waals surface area contributed by atoms with Crippen LogP contribution in [0.2, 0.25) is 0 Å². The number of phenolic OH excluding ortho intramolecular Hbond substituents is 1. The number of benzene rings is 2. The van der Waals surface area contributed by atoms with Gasteiger partial charge in [-0.1, -0.05) is 15.9 Å². The molecular weight excluding hydrogens is 394 g/mol. The van der Waals surface area contributed by atoms with E-state index in [1.54, 1.807) is 31.2 Å². The molecule has 0 aliphatic heterocycles. The molecule has 0 radical (unpaired) electrons. The standard InChI is InChI=1S/C16H14BrN3O5/c1-10(25-14-5-2-12(17)3-6-14)16(22)19-18-9-11-8-13(20(23)24)4-7-15(11)21/h2-10,21H,1H3,(H,19,22)/b18-9+. The van der Waals surface area contributed by atoms with Crippen LogP contribution in [0.25, 0.3) is 0 Å². The van der Waals surface area contributed by atoms with Gasteiger partial charge in [0.05, 0.1) is 11.1 Å². The van der Waals surface area contributed by atoms with Crippen molar-refractivity contribution in [3.63, 3.8) is 0 Å². The first-order valence-corrected chi connectivity index (χ1v) is 7.88. The molecule has 0 fully saturated rings. The smallest absolute Gasteiger partial charge is 0.280 e. The van der Waals surface area contributed by atoms with E-state index in [0.29, 0.717) is 5.75 Å². The molecule has 9 heteroatoms. The number of nitrogens with one attached hydrogen (secondary N) is 1. The lowest BCUT2D eigenvalue weighted by molar-refractivity contribution is -0.384. The molecule has 0 heterocycles. The van der Waals surface area contributed by atoms with Gasteiger partial charge in [0.25, 0.3) is 11.6 Å². The zero-order valence-corrected chi connectivity index (χ0v) is 14.6. The van der Waals surface area contributed by atoms with Gasteiger partial charge in [0.2, 0.25) is 0 Å². The fourth-order valence-electron chi connectivity index (χ4n) is 1.79. The van der Waals surface area contributed by atoms with E-state index in [9.17, 15) is 20.0 Å². The van der Waals surface area contributed by atoms with Crippen LogP contribution in [-0.4, -0.2) is 28.3 Å². The van der Waals surface area contributed by atoms with Crippen LogP contribution in [-0.2, 0) is 4.79 Å². The first-order valence-electron chi connectivity index (χ1n) is 7.09. The first kappa shape index (κ1) is 18.4. The van der Waals surface area contributed by atoms with Gasteiger partial charge in [-0.25, -0.2) is 5.43 Å². The number of hydrazone groups is 1. The molecule has 2 N–H and O–H groups in total. The van der Waals surface area contributed by atoms with Crippen LogP contribution in [0.4, 0.5) is 5.69 Å². The van der Waals surface area contributed by atoms with Gasteiger partial charge in [-0.3, -0.25) is 14.9 Å². The maximum absolute atomic E-state index is 11.9. The topological polar surface area (TPSA) is 114 Å². The van der Waals surface area contributed by atoms with Crippen molar-refractivity contribution in [1.29, 1.82) is 0 Å². The van der Waals surface area contributed by atoms with Crippen molar-refractivity contribution in [3.05, 3.63) is 62.6 Å². The Balaban J connectivity index is 1.96. The SMILES string of the molecule is CC(Oc1ccc(Br)cc1)C(=O)N/N=C/c1cc([N+](=O)[O-])ccc1O. The third-order valence-corrected chi connectivity index (χ3v) is 3.62. The van der Waals surface area contributed by atoms with E-state index in [1.807, 2.05) is 0 Å². The Kier molecular flexibility index (Phi) is 6.07. The molecular formula is C16H14BrN3O5.